The molecule has 4 nitrogen and oxygen atoms in total. The number of hydrogen-bond donors (Lipinski definition) is 1. The summed E-state index contributed by atoms with van der Waals surface area (Å²) in [7, 11) is 1.77. The summed E-state index contributed by atoms with van der Waals surface area (Å²) < 4.78 is 5.03. The zero-order chi connectivity index (χ0) is 11.3. The number of hydrogen-bond acceptors (Lipinski definition) is 3. The highest BCUT2D eigenvalue weighted by atomic mass is 16.5. The largest absolute Gasteiger partial charge is 0.380 e. The normalized spacial score (nSPS) is 21.9. The molecule has 0 atom stereocenters. The zero-order valence-corrected chi connectivity index (χ0v) is 9.06. The summed E-state index contributed by atoms with van der Waals surface area (Å²) in [6.07, 6.45) is 0.427. The summed E-state index contributed by atoms with van der Waals surface area (Å²) in [4.78, 5) is 13.2. The number of carbonyl (C=O) groups excluding carboxylic acids is 1. The van der Waals surface area contributed by atoms with Crippen LogP contribution in [-0.4, -0.2) is 31.3 Å². The topological polar surface area (TPSA) is 49.8 Å². The fourth-order valence-corrected chi connectivity index (χ4v) is 2.22. The monoisotopic (exact) mass is 219 g/mol. The first-order chi connectivity index (χ1) is 7.60. The Bertz CT molecular complexity index is 465. The van der Waals surface area contributed by atoms with Gasteiger partial charge < -0.3 is 14.7 Å². The summed E-state index contributed by atoms with van der Waals surface area (Å²) in [6.45, 7) is 0.686. The minimum Gasteiger partial charge on any atom is -0.380 e. The summed E-state index contributed by atoms with van der Waals surface area (Å²) in [6, 6.07) is 5.68. The van der Waals surface area contributed by atoms with E-state index in [1.165, 1.54) is 0 Å². The van der Waals surface area contributed by atoms with Crippen LogP contribution in [0.4, 0.5) is 5.69 Å². The van der Waals surface area contributed by atoms with Crippen molar-refractivity contribution < 1.29 is 14.6 Å². The van der Waals surface area contributed by atoms with Crippen LogP contribution < -0.4 is 4.90 Å². The molecule has 1 N–H and O–H groups in total. The molecule has 3 rings (SSSR count). The van der Waals surface area contributed by atoms with Crippen molar-refractivity contribution in [2.45, 2.75) is 12.0 Å². The first-order valence-corrected chi connectivity index (χ1v) is 5.30. The molecular formula is C12H13NO3. The lowest BCUT2D eigenvalue weighted by atomic mass is 9.90. The molecule has 0 spiro atoms. The minimum absolute atomic E-state index is 0.101. The molecule has 0 aliphatic carbocycles. The van der Waals surface area contributed by atoms with Crippen molar-refractivity contribution in [1.82, 2.24) is 0 Å². The first kappa shape index (κ1) is 9.81. The van der Waals surface area contributed by atoms with Crippen molar-refractivity contribution in [2.24, 2.45) is 0 Å². The molecule has 1 aromatic carbocycles. The number of carbonyl (C=O) groups is 1. The van der Waals surface area contributed by atoms with Gasteiger partial charge in [-0.1, -0.05) is 12.1 Å². The third kappa shape index (κ3) is 1.20. The Labute approximate surface area is 93.4 Å². The van der Waals surface area contributed by atoms with E-state index < -0.39 is 5.60 Å². The van der Waals surface area contributed by atoms with Gasteiger partial charge in [-0.25, -0.2) is 0 Å². The maximum absolute atomic E-state index is 11.5. The van der Waals surface area contributed by atoms with Crippen molar-refractivity contribution >= 4 is 11.6 Å². The SMILES string of the molecule is CN1C(=O)Cc2cc(C3(O)COC3)ccc21. The zero-order valence-electron chi connectivity index (χ0n) is 9.06. The highest BCUT2D eigenvalue weighted by Crippen LogP contribution is 2.35. The molecule has 84 valence electrons. The number of nitrogens with zero attached hydrogens (tertiary/aromatic N) is 1. The molecule has 1 saturated heterocycles. The van der Waals surface area contributed by atoms with Gasteiger partial charge in [0, 0.05) is 12.7 Å². The summed E-state index contributed by atoms with van der Waals surface area (Å²) >= 11 is 0. The van der Waals surface area contributed by atoms with Crippen molar-refractivity contribution in [1.29, 1.82) is 0 Å². The van der Waals surface area contributed by atoms with Gasteiger partial charge in [0.05, 0.1) is 19.6 Å². The van der Waals surface area contributed by atoms with E-state index in [2.05, 4.69) is 0 Å². The quantitative estimate of drug-likeness (QED) is 0.745. The van der Waals surface area contributed by atoms with E-state index in [4.69, 9.17) is 4.74 Å². The van der Waals surface area contributed by atoms with Gasteiger partial charge in [0.25, 0.3) is 0 Å². The second kappa shape index (κ2) is 3.06. The van der Waals surface area contributed by atoms with Crippen LogP contribution in [0.25, 0.3) is 0 Å². The molecule has 4 heteroatoms. The fraction of sp³-hybridized carbons (Fsp3) is 0.417. The van der Waals surface area contributed by atoms with Crippen molar-refractivity contribution in [3.05, 3.63) is 29.3 Å². The van der Waals surface area contributed by atoms with Crippen molar-refractivity contribution in [3.63, 3.8) is 0 Å². The molecule has 16 heavy (non-hydrogen) atoms. The van der Waals surface area contributed by atoms with Gasteiger partial charge >= 0.3 is 0 Å². The maximum atomic E-state index is 11.5. The van der Waals surface area contributed by atoms with Gasteiger partial charge in [-0.2, -0.15) is 0 Å². The van der Waals surface area contributed by atoms with E-state index in [9.17, 15) is 9.90 Å². The third-order valence-electron chi connectivity index (χ3n) is 3.38. The number of ether oxygens (including phenoxy) is 1. The number of aliphatic hydroxyl groups is 1. The Balaban J connectivity index is 2.01. The van der Waals surface area contributed by atoms with Gasteiger partial charge in [-0.15, -0.1) is 0 Å². The Morgan fingerprint density at radius 2 is 2.19 bits per heavy atom. The van der Waals surface area contributed by atoms with Crippen molar-refractivity contribution in [2.75, 3.05) is 25.2 Å². The second-order valence-corrected chi connectivity index (χ2v) is 4.50. The minimum atomic E-state index is -0.848. The molecule has 0 aromatic heterocycles. The van der Waals surface area contributed by atoms with Gasteiger partial charge in [-0.05, 0) is 17.2 Å². The number of amides is 1. The van der Waals surface area contributed by atoms with Crippen LogP contribution in [0.15, 0.2) is 18.2 Å². The van der Waals surface area contributed by atoms with Gasteiger partial charge in [-0.3, -0.25) is 4.79 Å². The lowest BCUT2D eigenvalue weighted by Crippen LogP contribution is -2.46. The van der Waals surface area contributed by atoms with E-state index in [1.807, 2.05) is 18.2 Å². The van der Waals surface area contributed by atoms with Crippen LogP contribution in [0.5, 0.6) is 0 Å². The van der Waals surface area contributed by atoms with Crippen LogP contribution >= 0.6 is 0 Å². The predicted molar refractivity (Wildman–Crippen MR) is 58.3 cm³/mol. The molecule has 0 unspecified atom stereocenters. The Morgan fingerprint density at radius 3 is 2.81 bits per heavy atom. The molecule has 2 heterocycles. The summed E-state index contributed by atoms with van der Waals surface area (Å²) in [5.41, 5.74) is 1.93. The van der Waals surface area contributed by atoms with E-state index >= 15 is 0 Å². The molecular weight excluding hydrogens is 206 g/mol. The van der Waals surface area contributed by atoms with E-state index in [0.717, 1.165) is 16.8 Å². The number of fused-ring (bicyclic) bond motifs is 1. The molecule has 0 bridgehead atoms. The smallest absolute Gasteiger partial charge is 0.231 e. The van der Waals surface area contributed by atoms with Gasteiger partial charge in [0.15, 0.2) is 0 Å². The number of likely N-dealkylation sites (N-methyl/N-ethyl adjacent to an activating group) is 1. The van der Waals surface area contributed by atoms with Gasteiger partial charge in [0.2, 0.25) is 5.91 Å². The van der Waals surface area contributed by atoms with Crippen LogP contribution in [0.2, 0.25) is 0 Å². The first-order valence-electron chi connectivity index (χ1n) is 5.30. The standard InChI is InChI=1S/C12H13NO3/c1-13-10-3-2-9(12(15)6-16-7-12)4-8(10)5-11(13)14/h2-4,15H,5-7H2,1H3. The number of benzene rings is 1. The average Bonchev–Trinajstić information content (AvgIpc) is 2.51. The molecule has 1 amide bonds. The summed E-state index contributed by atoms with van der Waals surface area (Å²) in [5.74, 6) is 0.101. The fourth-order valence-electron chi connectivity index (χ4n) is 2.22. The highest BCUT2D eigenvalue weighted by Gasteiger charge is 2.39. The van der Waals surface area contributed by atoms with E-state index in [0.29, 0.717) is 19.6 Å². The lowest BCUT2D eigenvalue weighted by molar-refractivity contribution is -0.184. The maximum Gasteiger partial charge on any atom is 0.231 e. The van der Waals surface area contributed by atoms with Gasteiger partial charge in [0.1, 0.15) is 5.60 Å². The molecule has 2 aliphatic heterocycles. The second-order valence-electron chi connectivity index (χ2n) is 4.50. The summed E-state index contributed by atoms with van der Waals surface area (Å²) in [5, 5.41) is 10.1. The van der Waals surface area contributed by atoms with Crippen LogP contribution in [0, 0.1) is 0 Å². The number of anilines is 1. The molecule has 2 aliphatic rings. The Kier molecular flexibility index (Phi) is 1.87. The van der Waals surface area contributed by atoms with E-state index in [1.54, 1.807) is 11.9 Å². The molecule has 0 radical (unpaired) electrons. The van der Waals surface area contributed by atoms with Crippen LogP contribution in [-0.2, 0) is 21.6 Å². The molecule has 0 saturated carbocycles. The Hall–Kier alpha value is -1.39. The molecule has 1 fully saturated rings. The molecule has 1 aromatic rings. The van der Waals surface area contributed by atoms with Crippen LogP contribution in [0.1, 0.15) is 11.1 Å². The number of rotatable bonds is 1. The predicted octanol–water partition coefficient (Wildman–Crippen LogP) is 0.423. The highest BCUT2D eigenvalue weighted by molar-refractivity contribution is 6.00. The third-order valence-corrected chi connectivity index (χ3v) is 3.38. The van der Waals surface area contributed by atoms with Crippen LogP contribution in [0.3, 0.4) is 0 Å². The lowest BCUT2D eigenvalue weighted by Gasteiger charge is -2.37. The average molecular weight is 219 g/mol. The van der Waals surface area contributed by atoms with E-state index in [-0.39, 0.29) is 5.91 Å². The Morgan fingerprint density at radius 1 is 1.44 bits per heavy atom. The van der Waals surface area contributed by atoms with Crippen molar-refractivity contribution in [3.8, 4) is 0 Å².